The number of rotatable bonds is 11. The number of likely N-dealkylation sites (N-methyl/N-ethyl adjacent to an activating group) is 1. The van der Waals surface area contributed by atoms with Gasteiger partial charge in [-0.15, -0.1) is 0 Å². The predicted molar refractivity (Wildman–Crippen MR) is 70.3 cm³/mol. The highest BCUT2D eigenvalue weighted by atomic mass is 16.5. The molecule has 0 aliphatic heterocycles. The van der Waals surface area contributed by atoms with Crippen LogP contribution < -0.4 is 5.32 Å². The molecule has 4 nitrogen and oxygen atoms in total. The smallest absolute Gasteiger partial charge is 0.0780 e. The molecule has 0 radical (unpaired) electrons. The fourth-order valence-corrected chi connectivity index (χ4v) is 1.73. The molecular weight excluding hydrogens is 218 g/mol. The first-order valence-electron chi connectivity index (χ1n) is 6.63. The van der Waals surface area contributed by atoms with Crippen LogP contribution in [0.3, 0.4) is 0 Å². The van der Waals surface area contributed by atoms with Crippen molar-refractivity contribution in [1.29, 1.82) is 0 Å². The second-order valence-electron chi connectivity index (χ2n) is 4.69. The first-order chi connectivity index (χ1) is 8.08. The minimum Gasteiger partial charge on any atom is -0.394 e. The minimum absolute atomic E-state index is 0.148. The van der Waals surface area contributed by atoms with Crippen LogP contribution in [0.1, 0.15) is 40.5 Å². The Kier molecular flexibility index (Phi) is 9.74. The Bertz CT molecular complexity index is 178. The van der Waals surface area contributed by atoms with E-state index in [-0.39, 0.29) is 18.2 Å². The van der Waals surface area contributed by atoms with E-state index >= 15 is 0 Å². The third-order valence-electron chi connectivity index (χ3n) is 2.78. The van der Waals surface area contributed by atoms with Gasteiger partial charge in [0.15, 0.2) is 0 Å². The monoisotopic (exact) mass is 247 g/mol. The van der Waals surface area contributed by atoms with Crippen molar-refractivity contribution < 1.29 is 14.6 Å². The van der Waals surface area contributed by atoms with Crippen molar-refractivity contribution in [3.8, 4) is 0 Å². The highest BCUT2D eigenvalue weighted by molar-refractivity contribution is 4.81. The molecule has 0 aromatic carbocycles. The third-order valence-corrected chi connectivity index (χ3v) is 2.78. The molecule has 0 saturated heterocycles. The van der Waals surface area contributed by atoms with Gasteiger partial charge in [0.2, 0.25) is 0 Å². The number of aliphatic hydroxyl groups excluding tert-OH is 1. The lowest BCUT2D eigenvalue weighted by molar-refractivity contribution is -0.00684. The largest absolute Gasteiger partial charge is 0.394 e. The van der Waals surface area contributed by atoms with Crippen LogP contribution in [0, 0.1) is 0 Å². The lowest BCUT2D eigenvalue weighted by Crippen LogP contribution is -2.45. The standard InChI is InChI=1S/C13H29NO3/c1-5-14-13(4,11-15)8-7-9-17-12(3)10-16-6-2/h12,14-15H,5-11H2,1-4H3. The molecule has 0 amide bonds. The lowest BCUT2D eigenvalue weighted by Gasteiger charge is -2.28. The van der Waals surface area contributed by atoms with Gasteiger partial charge in [-0.1, -0.05) is 6.92 Å². The van der Waals surface area contributed by atoms with Crippen molar-refractivity contribution >= 4 is 0 Å². The molecule has 0 rings (SSSR count). The SMILES string of the molecule is CCNC(C)(CO)CCCOC(C)COCC. The van der Waals surface area contributed by atoms with Gasteiger partial charge in [-0.25, -0.2) is 0 Å². The summed E-state index contributed by atoms with van der Waals surface area (Å²) in [5, 5.41) is 12.6. The van der Waals surface area contributed by atoms with Crippen LogP contribution in [-0.2, 0) is 9.47 Å². The summed E-state index contributed by atoms with van der Waals surface area (Å²) in [6.45, 7) is 11.2. The number of ether oxygens (including phenoxy) is 2. The zero-order valence-electron chi connectivity index (χ0n) is 11.8. The van der Waals surface area contributed by atoms with E-state index in [1.807, 2.05) is 20.8 Å². The molecule has 0 saturated carbocycles. The van der Waals surface area contributed by atoms with Crippen molar-refractivity contribution in [1.82, 2.24) is 5.32 Å². The van der Waals surface area contributed by atoms with E-state index < -0.39 is 0 Å². The van der Waals surface area contributed by atoms with Crippen LogP contribution >= 0.6 is 0 Å². The Balaban J connectivity index is 3.61. The molecule has 4 heteroatoms. The van der Waals surface area contributed by atoms with Gasteiger partial charge in [0.1, 0.15) is 0 Å². The Morgan fingerprint density at radius 3 is 2.59 bits per heavy atom. The van der Waals surface area contributed by atoms with Crippen LogP contribution in [0.25, 0.3) is 0 Å². The van der Waals surface area contributed by atoms with Crippen molar-refractivity contribution in [3.05, 3.63) is 0 Å². The van der Waals surface area contributed by atoms with Crippen molar-refractivity contribution in [3.63, 3.8) is 0 Å². The van der Waals surface area contributed by atoms with E-state index in [4.69, 9.17) is 9.47 Å². The van der Waals surface area contributed by atoms with E-state index in [9.17, 15) is 5.11 Å². The van der Waals surface area contributed by atoms with Crippen LogP contribution in [-0.4, -0.2) is 49.7 Å². The molecule has 0 aliphatic carbocycles. The van der Waals surface area contributed by atoms with Crippen molar-refractivity contribution in [2.45, 2.75) is 52.2 Å². The van der Waals surface area contributed by atoms with Gasteiger partial charge in [-0.2, -0.15) is 0 Å². The molecule has 104 valence electrons. The van der Waals surface area contributed by atoms with E-state index in [2.05, 4.69) is 12.2 Å². The second kappa shape index (κ2) is 9.83. The molecule has 0 fully saturated rings. The van der Waals surface area contributed by atoms with Crippen LogP contribution in [0.2, 0.25) is 0 Å². The van der Waals surface area contributed by atoms with Crippen LogP contribution in [0.5, 0.6) is 0 Å². The van der Waals surface area contributed by atoms with Gasteiger partial charge < -0.3 is 19.9 Å². The van der Waals surface area contributed by atoms with E-state index in [1.54, 1.807) is 0 Å². The Labute approximate surface area is 106 Å². The number of hydrogen-bond donors (Lipinski definition) is 2. The first-order valence-corrected chi connectivity index (χ1v) is 6.63. The molecule has 2 unspecified atom stereocenters. The zero-order chi connectivity index (χ0) is 13.1. The number of nitrogens with one attached hydrogen (secondary N) is 1. The Hall–Kier alpha value is -0.160. The highest BCUT2D eigenvalue weighted by Crippen LogP contribution is 2.11. The van der Waals surface area contributed by atoms with Gasteiger partial charge in [0.05, 0.1) is 19.3 Å². The van der Waals surface area contributed by atoms with Gasteiger partial charge in [0, 0.05) is 18.8 Å². The summed E-state index contributed by atoms with van der Waals surface area (Å²) in [5.74, 6) is 0. The Morgan fingerprint density at radius 2 is 2.06 bits per heavy atom. The summed E-state index contributed by atoms with van der Waals surface area (Å²) < 4.78 is 10.9. The fourth-order valence-electron chi connectivity index (χ4n) is 1.73. The maximum Gasteiger partial charge on any atom is 0.0780 e. The van der Waals surface area contributed by atoms with Gasteiger partial charge in [-0.05, 0) is 40.2 Å². The maximum absolute atomic E-state index is 9.32. The summed E-state index contributed by atoms with van der Waals surface area (Å²) in [5.41, 5.74) is -0.179. The van der Waals surface area contributed by atoms with Gasteiger partial charge in [0.25, 0.3) is 0 Å². The molecule has 0 bridgehead atoms. The van der Waals surface area contributed by atoms with Crippen molar-refractivity contribution in [2.75, 3.05) is 33.0 Å². The molecule has 0 aromatic heterocycles. The molecule has 2 N–H and O–H groups in total. The minimum atomic E-state index is -0.179. The average Bonchev–Trinajstić information content (AvgIpc) is 2.32. The molecular formula is C13H29NO3. The highest BCUT2D eigenvalue weighted by Gasteiger charge is 2.20. The molecule has 0 heterocycles. The summed E-state index contributed by atoms with van der Waals surface area (Å²) >= 11 is 0. The zero-order valence-corrected chi connectivity index (χ0v) is 11.8. The molecule has 17 heavy (non-hydrogen) atoms. The van der Waals surface area contributed by atoms with Gasteiger partial charge in [-0.3, -0.25) is 0 Å². The summed E-state index contributed by atoms with van der Waals surface area (Å²) in [6, 6.07) is 0. The van der Waals surface area contributed by atoms with Crippen molar-refractivity contribution in [2.24, 2.45) is 0 Å². The summed E-state index contributed by atoms with van der Waals surface area (Å²) in [6.07, 6.45) is 2.01. The fraction of sp³-hybridized carbons (Fsp3) is 1.00. The second-order valence-corrected chi connectivity index (χ2v) is 4.69. The van der Waals surface area contributed by atoms with E-state index in [1.165, 1.54) is 0 Å². The van der Waals surface area contributed by atoms with E-state index in [0.717, 1.165) is 32.6 Å². The average molecular weight is 247 g/mol. The van der Waals surface area contributed by atoms with Crippen LogP contribution in [0.4, 0.5) is 0 Å². The lowest BCUT2D eigenvalue weighted by atomic mass is 9.97. The normalized spacial score (nSPS) is 16.8. The Morgan fingerprint density at radius 1 is 1.35 bits per heavy atom. The maximum atomic E-state index is 9.32. The van der Waals surface area contributed by atoms with E-state index in [0.29, 0.717) is 6.61 Å². The topological polar surface area (TPSA) is 50.7 Å². The summed E-state index contributed by atoms with van der Waals surface area (Å²) in [7, 11) is 0. The molecule has 0 aromatic rings. The van der Waals surface area contributed by atoms with Crippen LogP contribution in [0.15, 0.2) is 0 Å². The third kappa shape index (κ3) is 8.55. The molecule has 2 atom stereocenters. The molecule has 0 aliphatic rings. The number of aliphatic hydroxyl groups is 1. The quantitative estimate of drug-likeness (QED) is 0.544. The number of hydrogen-bond acceptors (Lipinski definition) is 4. The predicted octanol–water partition coefficient (Wildman–Crippen LogP) is 1.57. The van der Waals surface area contributed by atoms with Gasteiger partial charge >= 0.3 is 0 Å². The molecule has 0 spiro atoms. The first kappa shape index (κ1) is 16.8. The summed E-state index contributed by atoms with van der Waals surface area (Å²) in [4.78, 5) is 0.